The maximum absolute atomic E-state index is 15.1. The summed E-state index contributed by atoms with van der Waals surface area (Å²) in [4.78, 5) is 43.2. The summed E-state index contributed by atoms with van der Waals surface area (Å²) in [7, 11) is 0. The molecule has 5 fully saturated rings. The van der Waals surface area contributed by atoms with E-state index in [0.29, 0.717) is 43.2 Å². The second kappa shape index (κ2) is 29.7. The van der Waals surface area contributed by atoms with Crippen LogP contribution in [0.15, 0.2) is 96.1 Å². The third-order valence-corrected chi connectivity index (χ3v) is 15.9. The lowest BCUT2D eigenvalue weighted by Crippen LogP contribution is -2.66. The summed E-state index contributed by atoms with van der Waals surface area (Å²) in [6, 6.07) is 24.9. The van der Waals surface area contributed by atoms with E-state index in [-0.39, 0.29) is 39.1 Å². The smallest absolute Gasteiger partial charge is 0.407 e. The van der Waals surface area contributed by atoms with E-state index >= 15 is 4.39 Å². The molecule has 444 valence electrons. The number of alkyl carbamates (subject to hydrolysis) is 2. The number of azide groups is 1. The van der Waals surface area contributed by atoms with Crippen LogP contribution in [0.3, 0.4) is 0 Å². The normalized spacial score (nSPS) is 34.6. The molecule has 3 aromatic rings. The van der Waals surface area contributed by atoms with Gasteiger partial charge in [0.2, 0.25) is 0 Å². The molecule has 3 aromatic carbocycles. The first-order valence-electron chi connectivity index (χ1n) is 27.8. The molecule has 0 radical (unpaired) electrons. The summed E-state index contributed by atoms with van der Waals surface area (Å²) in [6.45, 7) is 1.47. The minimum Gasteiger partial charge on any atom is -0.445 e. The van der Waals surface area contributed by atoms with Crippen molar-refractivity contribution in [2.24, 2.45) is 22.9 Å². The van der Waals surface area contributed by atoms with Gasteiger partial charge >= 0.3 is 12.2 Å². The number of benzene rings is 3. The van der Waals surface area contributed by atoms with E-state index in [9.17, 15) is 45.0 Å². The lowest BCUT2D eigenvalue weighted by atomic mass is 9.73. The Kier molecular flexibility index (Phi) is 22.6. The molecule has 4 aliphatic heterocycles. The maximum Gasteiger partial charge on any atom is 0.407 e. The van der Waals surface area contributed by atoms with E-state index in [2.05, 4.69) is 20.7 Å². The number of amides is 2. The summed E-state index contributed by atoms with van der Waals surface area (Å²) in [5, 5.41) is 77.1. The lowest BCUT2D eigenvalue weighted by Gasteiger charge is -2.48. The average molecular weight is 1140 g/mol. The van der Waals surface area contributed by atoms with Gasteiger partial charge in [-0.25, -0.2) is 14.0 Å². The van der Waals surface area contributed by atoms with Crippen molar-refractivity contribution in [1.82, 2.24) is 10.6 Å². The van der Waals surface area contributed by atoms with E-state index < -0.39 is 159 Å². The molecule has 1 unspecified atom stereocenters. The number of nitrogens with one attached hydrogen (secondary N) is 2. The molecule has 8 rings (SSSR count). The van der Waals surface area contributed by atoms with Crippen molar-refractivity contribution in [1.29, 1.82) is 0 Å². The molecular formula is C57H76FN5O18. The van der Waals surface area contributed by atoms with Crippen LogP contribution in [-0.4, -0.2) is 173 Å². The van der Waals surface area contributed by atoms with Crippen molar-refractivity contribution in [2.75, 3.05) is 19.8 Å². The molecule has 21 atom stereocenters. The molecule has 0 spiro atoms. The Morgan fingerprint density at radius 2 is 1.35 bits per heavy atom. The van der Waals surface area contributed by atoms with Crippen molar-refractivity contribution in [3.8, 4) is 0 Å². The first kappa shape index (κ1) is 61.7. The van der Waals surface area contributed by atoms with Gasteiger partial charge in [-0.2, -0.15) is 0 Å². The fourth-order valence-corrected chi connectivity index (χ4v) is 11.4. The van der Waals surface area contributed by atoms with Gasteiger partial charge in [-0.15, -0.1) is 0 Å². The van der Waals surface area contributed by atoms with Crippen molar-refractivity contribution < 1.29 is 92.0 Å². The highest BCUT2D eigenvalue weighted by Crippen LogP contribution is 2.43. The van der Waals surface area contributed by atoms with Crippen LogP contribution in [0.25, 0.3) is 10.4 Å². The monoisotopic (exact) mass is 1140 g/mol. The third kappa shape index (κ3) is 16.0. The van der Waals surface area contributed by atoms with Gasteiger partial charge < -0.3 is 83.9 Å². The number of aliphatic hydroxyl groups is 6. The number of halogens is 1. The molecule has 23 nitrogen and oxygen atoms in total. The molecule has 4 saturated heterocycles. The van der Waals surface area contributed by atoms with Crippen molar-refractivity contribution in [3.05, 3.63) is 118 Å². The van der Waals surface area contributed by atoms with Gasteiger partial charge in [-0.05, 0) is 72.6 Å². The number of fused-ring (bicyclic) bond motifs is 1. The van der Waals surface area contributed by atoms with Crippen LogP contribution in [0, 0.1) is 17.8 Å². The molecule has 1 aliphatic carbocycles. The second-order valence-electron chi connectivity index (χ2n) is 21.6. The molecule has 1 saturated carbocycles. The number of alkyl halides is 1. The van der Waals surface area contributed by atoms with Crippen LogP contribution >= 0.6 is 0 Å². The van der Waals surface area contributed by atoms with Gasteiger partial charge in [0.25, 0.3) is 0 Å². The van der Waals surface area contributed by atoms with Gasteiger partial charge in [0, 0.05) is 30.3 Å². The summed E-state index contributed by atoms with van der Waals surface area (Å²) < 4.78 is 71.5. The van der Waals surface area contributed by atoms with Crippen molar-refractivity contribution in [3.63, 3.8) is 0 Å². The first-order chi connectivity index (χ1) is 39.1. The van der Waals surface area contributed by atoms with Crippen LogP contribution in [0.4, 0.5) is 14.0 Å². The molecular weight excluding hydrogens is 1060 g/mol. The highest BCUT2D eigenvalue weighted by molar-refractivity contribution is 5.81. The van der Waals surface area contributed by atoms with Gasteiger partial charge in [0.05, 0.1) is 55.8 Å². The average Bonchev–Trinajstić information content (AvgIpc) is 3.80. The quantitative estimate of drug-likeness (QED) is 0.0260. The van der Waals surface area contributed by atoms with Crippen LogP contribution < -0.4 is 10.6 Å². The number of carbonyl (C=O) groups is 3. The first-order valence-corrected chi connectivity index (χ1v) is 27.8. The number of ether oxygens (including phenoxy) is 9. The lowest BCUT2D eigenvalue weighted by molar-refractivity contribution is -0.311. The third-order valence-electron chi connectivity index (χ3n) is 15.9. The standard InChI is InChI=1S/C57H76FN5O18/c1-31-24-36(25-39(66)32(2)37(58)27-60-63-59)46(68)52(49(31)79-53-38(26-40(67)42(76-53)20-12-13-23-64)61-56(71)73-29-33-14-6-3-7-15-33)81-55-48(70)51(44(28-65)78-55)80-54-45(62-57(72)74-30-34-16-8-4-9-17-34)47(69)50-43(77-54)22-21-41(75-50)35-18-10-5-11-19-35/h3-11,14-19,31-32,36-38,40-55,64-65,67-70H,12-13,20-30H2,1-2H3,(H,61,71)(H,62,72)/t31-,32-,36-,37+,38+,40-,41?,42+,43-,44+,45+,46-,47+,48+,49+,50+,51+,52+,53+,54+,55-/m0/s1. The predicted molar refractivity (Wildman–Crippen MR) is 283 cm³/mol. The molecule has 24 heteroatoms. The number of ketones is 1. The van der Waals surface area contributed by atoms with Crippen LogP contribution in [0.5, 0.6) is 0 Å². The molecule has 0 bridgehead atoms. The van der Waals surface area contributed by atoms with Crippen LogP contribution in [0.2, 0.25) is 0 Å². The Balaban J connectivity index is 1.04. The zero-order chi connectivity index (χ0) is 57.6. The Labute approximate surface area is 468 Å². The molecule has 4 heterocycles. The Morgan fingerprint density at radius 3 is 1.99 bits per heavy atom. The number of aliphatic hydroxyl groups excluding tert-OH is 6. The van der Waals surface area contributed by atoms with Crippen LogP contribution in [0.1, 0.15) is 88.0 Å². The maximum atomic E-state index is 15.1. The molecule has 81 heavy (non-hydrogen) atoms. The predicted octanol–water partition coefficient (Wildman–Crippen LogP) is 4.72. The van der Waals surface area contributed by atoms with E-state index in [1.807, 2.05) is 42.5 Å². The fraction of sp³-hybridized carbons (Fsp3) is 0.632. The Hall–Kier alpha value is -5.41. The highest BCUT2D eigenvalue weighted by Gasteiger charge is 2.56. The second-order valence-corrected chi connectivity index (χ2v) is 21.6. The van der Waals surface area contributed by atoms with Gasteiger partial charge in [0.1, 0.15) is 67.8 Å². The molecule has 2 amide bonds. The molecule has 8 N–H and O–H groups in total. The fourth-order valence-electron chi connectivity index (χ4n) is 11.4. The Morgan fingerprint density at radius 1 is 0.728 bits per heavy atom. The van der Waals surface area contributed by atoms with E-state index in [4.69, 9.17) is 48.2 Å². The summed E-state index contributed by atoms with van der Waals surface area (Å²) in [5.74, 6) is -3.34. The Bertz CT molecular complexity index is 2490. The minimum absolute atomic E-state index is 0.0686. The zero-order valence-corrected chi connectivity index (χ0v) is 45.3. The number of hydrogen-bond donors (Lipinski definition) is 8. The van der Waals surface area contributed by atoms with Gasteiger partial charge in [-0.3, -0.25) is 4.79 Å². The number of Topliss-reactive ketones (excluding diaryl/α,β-unsaturated/α-hetero) is 1. The van der Waals surface area contributed by atoms with Crippen LogP contribution in [-0.2, 0) is 60.6 Å². The number of unbranched alkanes of at least 4 members (excludes halogenated alkanes) is 1. The SMILES string of the molecule is C[C@H](C(=O)C[C@@H]1C[C@H](C)[C@@H](O[C@H]2O[C@H](CCCCO)[C@@H](O)C[C@H]2NC(=O)OCc2ccccc2)[C@H](O[C@@H]2O[C@H](CO)[C@@H](O[C@H]3O[C@H]4CCC(c5ccccc5)O[C@H]4[C@H](O)[C@H]3NC(=O)OCc3ccccc3)[C@H]2O)[C@H]1O)[C@H](F)CN=[N+]=[N-]. The number of nitrogens with zero attached hydrogens (tertiary/aromatic N) is 3. The van der Waals surface area contributed by atoms with Crippen molar-refractivity contribution in [2.45, 2.75) is 189 Å². The highest BCUT2D eigenvalue weighted by atomic mass is 19.1. The van der Waals surface area contributed by atoms with Gasteiger partial charge in [0.15, 0.2) is 18.9 Å². The topological polar surface area (TPSA) is 328 Å². The summed E-state index contributed by atoms with van der Waals surface area (Å²) in [5.41, 5.74) is 11.1. The zero-order valence-electron chi connectivity index (χ0n) is 45.3. The molecule has 0 aromatic heterocycles. The van der Waals surface area contributed by atoms with Gasteiger partial charge in [-0.1, -0.05) is 110 Å². The minimum atomic E-state index is -1.82. The van der Waals surface area contributed by atoms with E-state index in [1.54, 1.807) is 55.5 Å². The number of carbonyl (C=O) groups excluding carboxylic acids is 3. The van der Waals surface area contributed by atoms with Crippen molar-refractivity contribution >= 4 is 18.0 Å². The molecule has 5 aliphatic rings. The largest absolute Gasteiger partial charge is 0.445 e. The number of hydrogen-bond acceptors (Lipinski definition) is 19. The summed E-state index contributed by atoms with van der Waals surface area (Å²) >= 11 is 0. The number of rotatable bonds is 24. The summed E-state index contributed by atoms with van der Waals surface area (Å²) in [6.07, 6.45) is -20.9. The van der Waals surface area contributed by atoms with E-state index in [0.717, 1.165) is 5.56 Å². The van der Waals surface area contributed by atoms with E-state index in [1.165, 1.54) is 6.92 Å².